The summed E-state index contributed by atoms with van der Waals surface area (Å²) in [6.45, 7) is 2.25. The molecule has 3 nitrogen and oxygen atoms in total. The van der Waals surface area contributed by atoms with Gasteiger partial charge in [-0.2, -0.15) is 0 Å². The maximum absolute atomic E-state index is 11.8. The van der Waals surface area contributed by atoms with E-state index in [1.54, 1.807) is 6.07 Å². The lowest BCUT2D eigenvalue weighted by molar-refractivity contribution is 0.278. The van der Waals surface area contributed by atoms with Crippen molar-refractivity contribution in [3.8, 4) is 0 Å². The molecule has 1 aliphatic carbocycles. The van der Waals surface area contributed by atoms with Gasteiger partial charge in [-0.1, -0.05) is 19.8 Å². The van der Waals surface area contributed by atoms with E-state index in [1.807, 2.05) is 16.8 Å². The van der Waals surface area contributed by atoms with Gasteiger partial charge in [-0.05, 0) is 30.9 Å². The molecule has 0 aliphatic heterocycles. The summed E-state index contributed by atoms with van der Waals surface area (Å²) < 4.78 is 1.81. The van der Waals surface area contributed by atoms with Gasteiger partial charge in [0.1, 0.15) is 0 Å². The van der Waals surface area contributed by atoms with Crippen LogP contribution in [0.1, 0.15) is 38.6 Å². The normalized spacial score (nSPS) is 26.5. The predicted molar refractivity (Wildman–Crippen MR) is 61.8 cm³/mol. The minimum absolute atomic E-state index is 0.0309. The van der Waals surface area contributed by atoms with Crippen LogP contribution >= 0.6 is 0 Å². The molecule has 82 valence electrons. The van der Waals surface area contributed by atoms with Crippen LogP contribution in [0, 0.1) is 5.92 Å². The van der Waals surface area contributed by atoms with E-state index in [9.17, 15) is 4.79 Å². The summed E-state index contributed by atoms with van der Waals surface area (Å²) in [7, 11) is 0. The number of aromatic nitrogens is 1. The zero-order valence-electron chi connectivity index (χ0n) is 9.15. The molecule has 0 radical (unpaired) electrons. The van der Waals surface area contributed by atoms with Gasteiger partial charge in [0, 0.05) is 12.2 Å². The molecular weight excluding hydrogens is 188 g/mol. The maximum atomic E-state index is 11.8. The van der Waals surface area contributed by atoms with Crippen molar-refractivity contribution in [1.82, 2.24) is 4.57 Å². The molecule has 1 aliphatic rings. The van der Waals surface area contributed by atoms with Gasteiger partial charge in [0.05, 0.1) is 5.69 Å². The van der Waals surface area contributed by atoms with Crippen LogP contribution in [0.4, 0.5) is 5.69 Å². The molecule has 3 heteroatoms. The first kappa shape index (κ1) is 10.3. The van der Waals surface area contributed by atoms with E-state index in [2.05, 4.69) is 6.92 Å². The number of nitrogens with zero attached hydrogens (tertiary/aromatic N) is 1. The summed E-state index contributed by atoms with van der Waals surface area (Å²) >= 11 is 0. The molecule has 15 heavy (non-hydrogen) atoms. The molecule has 0 amide bonds. The number of nitrogens with two attached hydrogens (primary N) is 1. The Bertz CT molecular complexity index is 397. The van der Waals surface area contributed by atoms with Crippen molar-refractivity contribution in [2.45, 2.75) is 38.6 Å². The largest absolute Gasteiger partial charge is 0.394 e. The van der Waals surface area contributed by atoms with Crippen molar-refractivity contribution < 1.29 is 0 Å². The Hall–Kier alpha value is -1.25. The van der Waals surface area contributed by atoms with Gasteiger partial charge in [-0.3, -0.25) is 4.79 Å². The second kappa shape index (κ2) is 4.09. The molecule has 1 heterocycles. The lowest BCUT2D eigenvalue weighted by Gasteiger charge is -2.28. The monoisotopic (exact) mass is 206 g/mol. The molecule has 1 aromatic heterocycles. The quantitative estimate of drug-likeness (QED) is 0.765. The highest BCUT2D eigenvalue weighted by molar-refractivity contribution is 5.33. The molecule has 2 rings (SSSR count). The molecular formula is C12H18N2O. The van der Waals surface area contributed by atoms with Crippen molar-refractivity contribution in [2.24, 2.45) is 5.92 Å². The average molecular weight is 206 g/mol. The van der Waals surface area contributed by atoms with Crippen LogP contribution in [-0.2, 0) is 0 Å². The first-order valence-electron chi connectivity index (χ1n) is 5.65. The van der Waals surface area contributed by atoms with Crippen molar-refractivity contribution >= 4 is 5.69 Å². The highest BCUT2D eigenvalue weighted by Crippen LogP contribution is 2.31. The van der Waals surface area contributed by atoms with E-state index in [0.29, 0.717) is 11.7 Å². The molecule has 0 spiro atoms. The van der Waals surface area contributed by atoms with Crippen LogP contribution in [-0.4, -0.2) is 4.57 Å². The summed E-state index contributed by atoms with van der Waals surface area (Å²) in [6, 6.07) is 3.88. The zero-order valence-corrected chi connectivity index (χ0v) is 9.15. The number of hydrogen-bond donors (Lipinski definition) is 1. The third-order valence-corrected chi connectivity index (χ3v) is 3.31. The van der Waals surface area contributed by atoms with E-state index in [0.717, 1.165) is 18.8 Å². The number of hydrogen-bond acceptors (Lipinski definition) is 2. The van der Waals surface area contributed by atoms with Crippen LogP contribution in [0.5, 0.6) is 0 Å². The zero-order chi connectivity index (χ0) is 10.8. The number of anilines is 1. The fraction of sp³-hybridized carbons (Fsp3) is 0.583. The highest BCUT2D eigenvalue weighted by Gasteiger charge is 2.20. The van der Waals surface area contributed by atoms with Crippen LogP contribution < -0.4 is 11.3 Å². The van der Waals surface area contributed by atoms with Gasteiger partial charge in [-0.25, -0.2) is 0 Å². The van der Waals surface area contributed by atoms with Crippen LogP contribution in [0.25, 0.3) is 0 Å². The van der Waals surface area contributed by atoms with Crippen LogP contribution in [0.15, 0.2) is 23.1 Å². The summed E-state index contributed by atoms with van der Waals surface area (Å²) in [5.41, 5.74) is 5.95. The molecule has 0 bridgehead atoms. The summed E-state index contributed by atoms with van der Waals surface area (Å²) in [6.07, 6.45) is 6.57. The topological polar surface area (TPSA) is 48.0 Å². The number of rotatable bonds is 1. The van der Waals surface area contributed by atoms with E-state index in [-0.39, 0.29) is 5.56 Å². The van der Waals surface area contributed by atoms with Crippen LogP contribution in [0.2, 0.25) is 0 Å². The number of nitrogen functional groups attached to an aromatic ring is 1. The van der Waals surface area contributed by atoms with Gasteiger partial charge in [-0.15, -0.1) is 0 Å². The Labute approximate surface area is 89.9 Å². The van der Waals surface area contributed by atoms with Gasteiger partial charge in [0.2, 0.25) is 0 Å². The maximum Gasteiger partial charge on any atom is 0.273 e. The van der Waals surface area contributed by atoms with E-state index >= 15 is 0 Å². The second-order valence-corrected chi connectivity index (χ2v) is 4.60. The predicted octanol–water partition coefficient (Wildman–Crippen LogP) is 2.18. The third-order valence-electron chi connectivity index (χ3n) is 3.31. The molecule has 2 atom stereocenters. The molecule has 2 unspecified atom stereocenters. The summed E-state index contributed by atoms with van der Waals surface area (Å²) in [4.78, 5) is 11.8. The molecule has 1 aromatic rings. The highest BCUT2D eigenvalue weighted by atomic mass is 16.1. The Kier molecular flexibility index (Phi) is 2.80. The fourth-order valence-corrected chi connectivity index (χ4v) is 2.47. The van der Waals surface area contributed by atoms with Gasteiger partial charge in [0.15, 0.2) is 0 Å². The smallest absolute Gasteiger partial charge is 0.273 e. The first-order chi connectivity index (χ1) is 7.18. The van der Waals surface area contributed by atoms with Crippen LogP contribution in [0.3, 0.4) is 0 Å². The van der Waals surface area contributed by atoms with Gasteiger partial charge >= 0.3 is 0 Å². The fourth-order valence-electron chi connectivity index (χ4n) is 2.47. The number of pyridine rings is 1. The molecule has 1 fully saturated rings. The third kappa shape index (κ3) is 2.06. The Morgan fingerprint density at radius 3 is 3.00 bits per heavy atom. The average Bonchev–Trinajstić information content (AvgIpc) is 2.22. The summed E-state index contributed by atoms with van der Waals surface area (Å²) in [5.74, 6) is 0.720. The molecule has 0 aromatic carbocycles. The Morgan fingerprint density at radius 2 is 2.27 bits per heavy atom. The van der Waals surface area contributed by atoms with Crippen molar-refractivity contribution in [3.05, 3.63) is 28.7 Å². The van der Waals surface area contributed by atoms with Gasteiger partial charge in [0.25, 0.3) is 5.56 Å². The van der Waals surface area contributed by atoms with Crippen molar-refractivity contribution in [2.75, 3.05) is 5.73 Å². The standard InChI is InChI=1S/C12H18N2O/c1-9-4-2-5-10(8-9)14-7-3-6-11(13)12(14)15/h3,6-7,9-10H,2,4-5,8,13H2,1H3. The second-order valence-electron chi connectivity index (χ2n) is 4.60. The lowest BCUT2D eigenvalue weighted by Crippen LogP contribution is -2.29. The Morgan fingerprint density at radius 1 is 1.47 bits per heavy atom. The van der Waals surface area contributed by atoms with E-state index in [1.165, 1.54) is 12.8 Å². The molecule has 2 N–H and O–H groups in total. The van der Waals surface area contributed by atoms with E-state index < -0.39 is 0 Å². The first-order valence-corrected chi connectivity index (χ1v) is 5.65. The minimum Gasteiger partial charge on any atom is -0.394 e. The minimum atomic E-state index is -0.0309. The van der Waals surface area contributed by atoms with Crippen molar-refractivity contribution in [3.63, 3.8) is 0 Å². The lowest BCUT2D eigenvalue weighted by atomic mass is 9.87. The molecule has 0 saturated heterocycles. The van der Waals surface area contributed by atoms with Crippen molar-refractivity contribution in [1.29, 1.82) is 0 Å². The SMILES string of the molecule is CC1CCCC(n2cccc(N)c2=O)C1. The molecule has 1 saturated carbocycles. The van der Waals surface area contributed by atoms with E-state index in [4.69, 9.17) is 5.73 Å². The van der Waals surface area contributed by atoms with Gasteiger partial charge < -0.3 is 10.3 Å². The Balaban J connectivity index is 2.29. The summed E-state index contributed by atoms with van der Waals surface area (Å²) in [5, 5.41) is 0.